The molecule has 0 bridgehead atoms. The molecular weight excluding hydrogens is 308 g/mol. The van der Waals surface area contributed by atoms with Gasteiger partial charge in [0.05, 0.1) is 6.42 Å². The van der Waals surface area contributed by atoms with Crippen LogP contribution in [0.15, 0.2) is 12.1 Å². The maximum Gasteiger partial charge on any atom is 0.136 e. The largest absolute Gasteiger partial charge is 0.237 e. The number of rotatable bonds is 10. The highest BCUT2D eigenvalue weighted by Crippen LogP contribution is 2.12. The summed E-state index contributed by atoms with van der Waals surface area (Å²) >= 11 is 0. The van der Waals surface area contributed by atoms with Gasteiger partial charge >= 0.3 is 0 Å². The normalized spacial score (nSPS) is 11.0. The van der Waals surface area contributed by atoms with Crippen molar-refractivity contribution in [3.8, 4) is 0 Å². The number of hydrogen-bond acceptors (Lipinski definition) is 4. The third kappa shape index (κ3) is 6.18. The molecule has 2 rings (SSSR count). The average molecular weight is 341 g/mol. The van der Waals surface area contributed by atoms with Crippen molar-refractivity contribution in [3.05, 3.63) is 46.6 Å². The van der Waals surface area contributed by atoms with E-state index in [1.54, 1.807) is 0 Å². The van der Waals surface area contributed by atoms with E-state index in [4.69, 9.17) is 19.9 Å². The third-order valence-electron chi connectivity index (χ3n) is 4.10. The summed E-state index contributed by atoms with van der Waals surface area (Å²) in [6.45, 7) is 8.76. The lowest BCUT2D eigenvalue weighted by atomic mass is 10.1. The quantitative estimate of drug-likeness (QED) is 0.631. The monoisotopic (exact) mass is 340 g/mol. The summed E-state index contributed by atoms with van der Waals surface area (Å²) in [5.41, 5.74) is 4.59. The Labute approximate surface area is 152 Å². The molecule has 2 aromatic heterocycles. The van der Waals surface area contributed by atoms with Crippen LogP contribution in [0, 0.1) is 0 Å². The Morgan fingerprint density at radius 3 is 1.04 bits per heavy atom. The summed E-state index contributed by atoms with van der Waals surface area (Å²) < 4.78 is 0. The van der Waals surface area contributed by atoms with Crippen LogP contribution in [0.2, 0.25) is 0 Å². The van der Waals surface area contributed by atoms with Crippen molar-refractivity contribution in [1.82, 2.24) is 19.9 Å². The van der Waals surface area contributed by atoms with Crippen LogP contribution in [-0.2, 0) is 32.1 Å². The number of aryl methyl sites for hydroxylation is 4. The summed E-state index contributed by atoms with van der Waals surface area (Å²) in [6.07, 6.45) is 9.05. The molecule has 0 saturated carbocycles. The molecule has 25 heavy (non-hydrogen) atoms. The zero-order chi connectivity index (χ0) is 18.1. The van der Waals surface area contributed by atoms with Crippen LogP contribution < -0.4 is 0 Å². The first-order chi connectivity index (χ1) is 12.2. The SMILES string of the molecule is CCCc1cc(CCC)nc(Cc2nc(CCC)cc(CCC)n2)n1. The van der Waals surface area contributed by atoms with Crippen LogP contribution in [-0.4, -0.2) is 19.9 Å². The molecule has 0 saturated heterocycles. The first-order valence-corrected chi connectivity index (χ1v) is 9.89. The Kier molecular flexibility index (Phi) is 7.96. The van der Waals surface area contributed by atoms with E-state index in [1.807, 2.05) is 0 Å². The van der Waals surface area contributed by atoms with Crippen molar-refractivity contribution < 1.29 is 0 Å². The Hall–Kier alpha value is -1.84. The molecule has 4 heteroatoms. The maximum atomic E-state index is 4.76. The molecule has 136 valence electrons. The molecule has 0 aliphatic carbocycles. The lowest BCUT2D eigenvalue weighted by Gasteiger charge is -2.09. The van der Waals surface area contributed by atoms with E-state index in [2.05, 4.69) is 39.8 Å². The molecule has 2 aromatic rings. The molecule has 2 heterocycles. The molecule has 0 aliphatic heterocycles. The fourth-order valence-corrected chi connectivity index (χ4v) is 3.06. The van der Waals surface area contributed by atoms with Crippen LogP contribution in [0.4, 0.5) is 0 Å². The fraction of sp³-hybridized carbons (Fsp3) is 0.619. The summed E-state index contributed by atoms with van der Waals surface area (Å²) in [4.78, 5) is 19.0. The second-order valence-electron chi connectivity index (χ2n) is 6.71. The van der Waals surface area contributed by atoms with Crippen LogP contribution in [0.1, 0.15) is 87.8 Å². The summed E-state index contributed by atoms with van der Waals surface area (Å²) in [5.74, 6) is 1.73. The highest BCUT2D eigenvalue weighted by atomic mass is 14.9. The lowest BCUT2D eigenvalue weighted by molar-refractivity contribution is 0.760. The summed E-state index contributed by atoms with van der Waals surface area (Å²) in [5, 5.41) is 0. The molecule has 0 N–H and O–H groups in total. The van der Waals surface area contributed by atoms with Gasteiger partial charge in [0.2, 0.25) is 0 Å². The lowest BCUT2D eigenvalue weighted by Crippen LogP contribution is -2.09. The van der Waals surface area contributed by atoms with Crippen LogP contribution in [0.25, 0.3) is 0 Å². The minimum Gasteiger partial charge on any atom is -0.237 e. The van der Waals surface area contributed by atoms with Gasteiger partial charge in [-0.2, -0.15) is 0 Å². The second-order valence-corrected chi connectivity index (χ2v) is 6.71. The molecule has 0 amide bonds. The van der Waals surface area contributed by atoms with Gasteiger partial charge in [-0.05, 0) is 37.8 Å². The fourth-order valence-electron chi connectivity index (χ4n) is 3.06. The molecule has 0 aromatic carbocycles. The van der Waals surface area contributed by atoms with Crippen molar-refractivity contribution in [2.45, 2.75) is 85.5 Å². The van der Waals surface area contributed by atoms with E-state index in [0.717, 1.165) is 85.8 Å². The van der Waals surface area contributed by atoms with E-state index in [-0.39, 0.29) is 0 Å². The van der Waals surface area contributed by atoms with Gasteiger partial charge in [-0.1, -0.05) is 53.4 Å². The molecule has 0 spiro atoms. The van der Waals surface area contributed by atoms with Crippen molar-refractivity contribution in [3.63, 3.8) is 0 Å². The smallest absolute Gasteiger partial charge is 0.136 e. The molecule has 0 radical (unpaired) electrons. The third-order valence-corrected chi connectivity index (χ3v) is 4.10. The number of nitrogens with zero attached hydrogens (tertiary/aromatic N) is 4. The number of aromatic nitrogens is 4. The summed E-state index contributed by atoms with van der Waals surface area (Å²) in [6, 6.07) is 4.32. The van der Waals surface area contributed by atoms with Gasteiger partial charge in [0, 0.05) is 22.8 Å². The van der Waals surface area contributed by atoms with Gasteiger partial charge in [-0.25, -0.2) is 19.9 Å². The molecule has 0 fully saturated rings. The molecule has 0 unspecified atom stereocenters. The van der Waals surface area contributed by atoms with Gasteiger partial charge in [0.25, 0.3) is 0 Å². The Morgan fingerprint density at radius 2 is 0.800 bits per heavy atom. The predicted octanol–water partition coefficient (Wildman–Crippen LogP) is 4.67. The van der Waals surface area contributed by atoms with Gasteiger partial charge < -0.3 is 0 Å². The van der Waals surface area contributed by atoms with E-state index in [1.165, 1.54) is 0 Å². The van der Waals surface area contributed by atoms with Gasteiger partial charge in [0.1, 0.15) is 11.6 Å². The first kappa shape index (κ1) is 19.5. The zero-order valence-corrected chi connectivity index (χ0v) is 16.3. The van der Waals surface area contributed by atoms with E-state index in [9.17, 15) is 0 Å². The first-order valence-electron chi connectivity index (χ1n) is 9.89. The highest BCUT2D eigenvalue weighted by Gasteiger charge is 2.10. The van der Waals surface area contributed by atoms with Crippen LogP contribution in [0.3, 0.4) is 0 Å². The number of hydrogen-bond donors (Lipinski definition) is 0. The Bertz CT molecular complexity index is 561. The average Bonchev–Trinajstić information content (AvgIpc) is 2.55. The van der Waals surface area contributed by atoms with E-state index < -0.39 is 0 Å². The van der Waals surface area contributed by atoms with E-state index in [0.29, 0.717) is 6.42 Å². The molecular formula is C21H32N4. The van der Waals surface area contributed by atoms with Gasteiger partial charge in [0.15, 0.2) is 0 Å². The minimum absolute atomic E-state index is 0.628. The second kappa shape index (κ2) is 10.2. The van der Waals surface area contributed by atoms with Crippen molar-refractivity contribution >= 4 is 0 Å². The van der Waals surface area contributed by atoms with Gasteiger partial charge in [-0.15, -0.1) is 0 Å². The zero-order valence-electron chi connectivity index (χ0n) is 16.3. The van der Waals surface area contributed by atoms with Crippen LogP contribution >= 0.6 is 0 Å². The van der Waals surface area contributed by atoms with Crippen molar-refractivity contribution in [2.75, 3.05) is 0 Å². The van der Waals surface area contributed by atoms with Crippen molar-refractivity contribution in [2.24, 2.45) is 0 Å². The van der Waals surface area contributed by atoms with Crippen LogP contribution in [0.5, 0.6) is 0 Å². The standard InChI is InChI=1S/C21H32N4/c1-5-9-16-13-17(10-6-2)23-20(22-16)15-21-24-18(11-7-3)14-19(25-21)12-8-4/h13-14H,5-12,15H2,1-4H3. The molecule has 0 aliphatic rings. The topological polar surface area (TPSA) is 51.6 Å². The maximum absolute atomic E-state index is 4.76. The molecule has 0 atom stereocenters. The molecule has 4 nitrogen and oxygen atoms in total. The van der Waals surface area contributed by atoms with Crippen molar-refractivity contribution in [1.29, 1.82) is 0 Å². The Morgan fingerprint density at radius 1 is 0.520 bits per heavy atom. The summed E-state index contributed by atoms with van der Waals surface area (Å²) in [7, 11) is 0. The Balaban J connectivity index is 2.30. The van der Waals surface area contributed by atoms with E-state index >= 15 is 0 Å². The predicted molar refractivity (Wildman–Crippen MR) is 103 cm³/mol. The van der Waals surface area contributed by atoms with Gasteiger partial charge in [-0.3, -0.25) is 0 Å². The highest BCUT2D eigenvalue weighted by molar-refractivity contribution is 5.17. The minimum atomic E-state index is 0.628.